The van der Waals surface area contributed by atoms with E-state index in [0.717, 1.165) is 5.56 Å². The number of carbonyl (C=O) groups excluding carboxylic acids is 3. The molecule has 25 heavy (non-hydrogen) atoms. The van der Waals surface area contributed by atoms with Gasteiger partial charge in [-0.1, -0.05) is 42.5 Å². The predicted octanol–water partition coefficient (Wildman–Crippen LogP) is 3.27. The van der Waals surface area contributed by atoms with Crippen molar-refractivity contribution in [1.82, 2.24) is 4.90 Å². The summed E-state index contributed by atoms with van der Waals surface area (Å²) < 4.78 is 0. The minimum absolute atomic E-state index is 0.0826. The van der Waals surface area contributed by atoms with Crippen molar-refractivity contribution < 1.29 is 14.4 Å². The van der Waals surface area contributed by atoms with E-state index in [1.54, 1.807) is 29.2 Å². The Balaban J connectivity index is 1.95. The monoisotopic (exact) mass is 338 g/mol. The molecule has 0 fully saturated rings. The van der Waals surface area contributed by atoms with Crippen LogP contribution in [0.1, 0.15) is 36.2 Å². The van der Waals surface area contributed by atoms with E-state index in [1.807, 2.05) is 30.3 Å². The first-order valence-electron chi connectivity index (χ1n) is 8.16. The zero-order valence-corrected chi connectivity index (χ0v) is 14.5. The maximum atomic E-state index is 12.2. The Hall–Kier alpha value is -2.95. The van der Waals surface area contributed by atoms with Gasteiger partial charge < -0.3 is 10.2 Å². The molecule has 2 aromatic rings. The third-order valence-corrected chi connectivity index (χ3v) is 3.85. The third kappa shape index (κ3) is 5.57. The average molecular weight is 338 g/mol. The maximum absolute atomic E-state index is 12.2. The normalized spacial score (nSPS) is 10.2. The van der Waals surface area contributed by atoms with E-state index in [0.29, 0.717) is 24.3 Å². The van der Waals surface area contributed by atoms with Gasteiger partial charge in [-0.3, -0.25) is 14.4 Å². The summed E-state index contributed by atoms with van der Waals surface area (Å²) in [6.45, 7) is 3.74. The van der Waals surface area contributed by atoms with E-state index in [1.165, 1.54) is 13.8 Å². The molecule has 0 aliphatic rings. The number of carbonyl (C=O) groups is 3. The van der Waals surface area contributed by atoms with Crippen LogP contribution in [0.2, 0.25) is 0 Å². The summed E-state index contributed by atoms with van der Waals surface area (Å²) in [6.07, 6.45) is 0.165. The van der Waals surface area contributed by atoms with Gasteiger partial charge in [0.15, 0.2) is 5.78 Å². The number of para-hydroxylation sites is 1. The Morgan fingerprint density at radius 2 is 1.56 bits per heavy atom. The van der Waals surface area contributed by atoms with Crippen molar-refractivity contribution >= 4 is 23.3 Å². The molecule has 0 unspecified atom stereocenters. The Bertz CT molecular complexity index is 757. The molecule has 2 amide bonds. The van der Waals surface area contributed by atoms with Gasteiger partial charge in [0, 0.05) is 32.0 Å². The van der Waals surface area contributed by atoms with Gasteiger partial charge in [0.2, 0.25) is 11.8 Å². The molecule has 5 nitrogen and oxygen atoms in total. The lowest BCUT2D eigenvalue weighted by Crippen LogP contribution is -2.31. The maximum Gasteiger partial charge on any atom is 0.226 e. The molecule has 0 radical (unpaired) electrons. The number of Topliss-reactive ketones (excluding diaryl/α,β-unsaturated/α-hetero) is 1. The lowest BCUT2D eigenvalue weighted by atomic mass is 10.1. The predicted molar refractivity (Wildman–Crippen MR) is 97.2 cm³/mol. The summed E-state index contributed by atoms with van der Waals surface area (Å²) in [5.41, 5.74) is 1.99. The first-order valence-corrected chi connectivity index (χ1v) is 8.16. The van der Waals surface area contributed by atoms with E-state index >= 15 is 0 Å². The molecular weight excluding hydrogens is 316 g/mol. The molecule has 1 N–H and O–H groups in total. The van der Waals surface area contributed by atoms with Crippen molar-refractivity contribution in [3.63, 3.8) is 0 Å². The first-order chi connectivity index (χ1) is 12.0. The van der Waals surface area contributed by atoms with E-state index < -0.39 is 0 Å². The first kappa shape index (κ1) is 18.4. The van der Waals surface area contributed by atoms with Crippen LogP contribution in [0.3, 0.4) is 0 Å². The van der Waals surface area contributed by atoms with Crippen LogP contribution < -0.4 is 5.32 Å². The number of amides is 2. The van der Waals surface area contributed by atoms with Gasteiger partial charge in [-0.15, -0.1) is 0 Å². The summed E-state index contributed by atoms with van der Waals surface area (Å²) in [5, 5.41) is 2.75. The third-order valence-electron chi connectivity index (χ3n) is 3.85. The summed E-state index contributed by atoms with van der Waals surface area (Å²) in [6, 6.07) is 16.5. The smallest absolute Gasteiger partial charge is 0.226 e. The van der Waals surface area contributed by atoms with Gasteiger partial charge in [-0.2, -0.15) is 0 Å². The van der Waals surface area contributed by atoms with E-state index in [-0.39, 0.29) is 24.0 Å². The molecular formula is C20H22N2O3. The minimum Gasteiger partial charge on any atom is -0.338 e. The molecule has 0 saturated heterocycles. The molecule has 0 atom stereocenters. The molecule has 0 aliphatic heterocycles. The van der Waals surface area contributed by atoms with Gasteiger partial charge in [0.25, 0.3) is 0 Å². The van der Waals surface area contributed by atoms with Crippen LogP contribution in [0.5, 0.6) is 0 Å². The Labute approximate surface area is 147 Å². The van der Waals surface area contributed by atoms with Crippen LogP contribution >= 0.6 is 0 Å². The van der Waals surface area contributed by atoms with E-state index in [2.05, 4.69) is 5.32 Å². The van der Waals surface area contributed by atoms with Gasteiger partial charge in [-0.25, -0.2) is 0 Å². The van der Waals surface area contributed by atoms with Crippen LogP contribution in [0.15, 0.2) is 54.6 Å². The number of hydrogen-bond donors (Lipinski definition) is 1. The molecule has 0 saturated carbocycles. The highest BCUT2D eigenvalue weighted by molar-refractivity contribution is 6.03. The second kappa shape index (κ2) is 8.78. The lowest BCUT2D eigenvalue weighted by molar-refractivity contribution is -0.129. The SMILES string of the molecule is CC(=O)c1ccccc1NC(=O)CCN(Cc1ccccc1)C(C)=O. The average Bonchev–Trinajstić information content (AvgIpc) is 2.59. The van der Waals surface area contributed by atoms with Crippen molar-refractivity contribution in [2.75, 3.05) is 11.9 Å². The van der Waals surface area contributed by atoms with Crippen molar-refractivity contribution in [1.29, 1.82) is 0 Å². The summed E-state index contributed by atoms with van der Waals surface area (Å²) >= 11 is 0. The zero-order valence-electron chi connectivity index (χ0n) is 14.5. The van der Waals surface area contributed by atoms with Crippen molar-refractivity contribution in [3.05, 3.63) is 65.7 Å². The summed E-state index contributed by atoms with van der Waals surface area (Å²) in [5.74, 6) is -0.417. The highest BCUT2D eigenvalue weighted by Gasteiger charge is 2.13. The zero-order chi connectivity index (χ0) is 18.2. The van der Waals surface area contributed by atoms with Gasteiger partial charge in [-0.05, 0) is 24.6 Å². The highest BCUT2D eigenvalue weighted by Crippen LogP contribution is 2.16. The molecule has 130 valence electrons. The number of anilines is 1. The molecule has 0 heterocycles. The number of nitrogens with zero attached hydrogens (tertiary/aromatic N) is 1. The Morgan fingerprint density at radius 1 is 0.920 bits per heavy atom. The van der Waals surface area contributed by atoms with Crippen LogP contribution in [-0.2, 0) is 16.1 Å². The summed E-state index contributed by atoms with van der Waals surface area (Å²) in [7, 11) is 0. The van der Waals surface area contributed by atoms with Gasteiger partial charge >= 0.3 is 0 Å². The van der Waals surface area contributed by atoms with Crippen LogP contribution in [0.4, 0.5) is 5.69 Å². The molecule has 2 aromatic carbocycles. The molecule has 2 rings (SSSR count). The molecule has 0 bridgehead atoms. The number of rotatable bonds is 7. The van der Waals surface area contributed by atoms with Crippen LogP contribution in [-0.4, -0.2) is 29.0 Å². The number of ketones is 1. The van der Waals surface area contributed by atoms with Crippen molar-refractivity contribution in [3.8, 4) is 0 Å². The standard InChI is InChI=1S/C20H22N2O3/c1-15(23)18-10-6-7-11-19(18)21-20(25)12-13-22(16(2)24)14-17-8-4-3-5-9-17/h3-11H,12-14H2,1-2H3,(H,21,25). The summed E-state index contributed by atoms with van der Waals surface area (Å²) in [4.78, 5) is 37.3. The van der Waals surface area contributed by atoms with Gasteiger partial charge in [0.05, 0.1) is 5.69 Å². The van der Waals surface area contributed by atoms with Crippen LogP contribution in [0.25, 0.3) is 0 Å². The molecule has 0 aliphatic carbocycles. The number of nitrogens with one attached hydrogen (secondary N) is 1. The van der Waals surface area contributed by atoms with Crippen molar-refractivity contribution in [2.24, 2.45) is 0 Å². The largest absolute Gasteiger partial charge is 0.338 e. The van der Waals surface area contributed by atoms with Crippen molar-refractivity contribution in [2.45, 2.75) is 26.8 Å². The molecule has 0 aromatic heterocycles. The Kier molecular flexibility index (Phi) is 6.46. The van der Waals surface area contributed by atoms with E-state index in [9.17, 15) is 14.4 Å². The Morgan fingerprint density at radius 3 is 2.20 bits per heavy atom. The molecule has 5 heteroatoms. The lowest BCUT2D eigenvalue weighted by Gasteiger charge is -2.21. The number of benzene rings is 2. The second-order valence-electron chi connectivity index (χ2n) is 5.83. The molecule has 0 spiro atoms. The van der Waals surface area contributed by atoms with Crippen LogP contribution in [0, 0.1) is 0 Å². The topological polar surface area (TPSA) is 66.5 Å². The fraction of sp³-hybridized carbons (Fsp3) is 0.250. The minimum atomic E-state index is -0.229. The fourth-order valence-electron chi connectivity index (χ4n) is 2.50. The fourth-order valence-corrected chi connectivity index (χ4v) is 2.50. The quantitative estimate of drug-likeness (QED) is 0.788. The van der Waals surface area contributed by atoms with E-state index in [4.69, 9.17) is 0 Å². The highest BCUT2D eigenvalue weighted by atomic mass is 16.2. The second-order valence-corrected chi connectivity index (χ2v) is 5.83. The van der Waals surface area contributed by atoms with Gasteiger partial charge in [0.1, 0.15) is 0 Å². The number of hydrogen-bond acceptors (Lipinski definition) is 3.